The standard InChI is InChI=1S/C17H20N2O8S2/c1-25-10-3-4-11(13(5-10)26-2)19-12-8-29(23,24)9-14(12)28-17(19)18-15(20)6-27-7-16(21)22/h3-5,12,14H,6-9H2,1-2H3,(H,21,22)/t12-,14-/m1/s1. The van der Waals surface area contributed by atoms with Gasteiger partial charge in [-0.1, -0.05) is 11.8 Å². The maximum absolute atomic E-state index is 12.1. The summed E-state index contributed by atoms with van der Waals surface area (Å²) in [5.41, 5.74) is 0.559. The number of amides is 1. The van der Waals surface area contributed by atoms with E-state index >= 15 is 0 Å². The molecule has 2 heterocycles. The Labute approximate surface area is 171 Å². The van der Waals surface area contributed by atoms with Gasteiger partial charge in [-0.3, -0.25) is 4.79 Å². The van der Waals surface area contributed by atoms with Crippen molar-refractivity contribution in [1.29, 1.82) is 0 Å². The summed E-state index contributed by atoms with van der Waals surface area (Å²) < 4.78 is 39.7. The predicted molar refractivity (Wildman–Crippen MR) is 107 cm³/mol. The Balaban J connectivity index is 1.93. The van der Waals surface area contributed by atoms with E-state index < -0.39 is 41.0 Å². The normalized spacial score (nSPS) is 23.8. The van der Waals surface area contributed by atoms with E-state index in [1.807, 2.05) is 0 Å². The van der Waals surface area contributed by atoms with Crippen molar-refractivity contribution in [3.05, 3.63) is 18.2 Å². The summed E-state index contributed by atoms with van der Waals surface area (Å²) in [6.07, 6.45) is 0. The van der Waals surface area contributed by atoms with Gasteiger partial charge in [0.2, 0.25) is 0 Å². The Hall–Kier alpha value is -2.31. The van der Waals surface area contributed by atoms with Gasteiger partial charge in [-0.2, -0.15) is 4.99 Å². The number of methoxy groups -OCH3 is 2. The van der Waals surface area contributed by atoms with Crippen LogP contribution < -0.4 is 14.4 Å². The molecular formula is C17H20N2O8S2. The molecule has 3 rings (SSSR count). The minimum Gasteiger partial charge on any atom is -0.497 e. The van der Waals surface area contributed by atoms with Crippen LogP contribution in [0.3, 0.4) is 0 Å². The van der Waals surface area contributed by atoms with Crippen LogP contribution in [-0.2, 0) is 24.2 Å². The Kier molecular flexibility index (Phi) is 6.34. The zero-order valence-electron chi connectivity index (χ0n) is 15.7. The van der Waals surface area contributed by atoms with Gasteiger partial charge < -0.3 is 24.2 Å². The smallest absolute Gasteiger partial charge is 0.329 e. The van der Waals surface area contributed by atoms with Gasteiger partial charge in [0.15, 0.2) is 15.0 Å². The lowest BCUT2D eigenvalue weighted by atomic mass is 10.2. The zero-order chi connectivity index (χ0) is 21.2. The molecule has 0 spiro atoms. The van der Waals surface area contributed by atoms with Gasteiger partial charge in [-0.05, 0) is 12.1 Å². The molecule has 1 aromatic carbocycles. The number of hydrogen-bond donors (Lipinski definition) is 1. The number of sulfone groups is 1. The summed E-state index contributed by atoms with van der Waals surface area (Å²) in [5, 5.41) is 8.64. The number of thioether (sulfide) groups is 1. The van der Waals surface area contributed by atoms with Gasteiger partial charge in [0.1, 0.15) is 24.7 Å². The highest BCUT2D eigenvalue weighted by Gasteiger charge is 2.50. The van der Waals surface area contributed by atoms with E-state index in [9.17, 15) is 18.0 Å². The van der Waals surface area contributed by atoms with Gasteiger partial charge in [0.25, 0.3) is 5.91 Å². The molecule has 158 valence electrons. The molecule has 2 aliphatic rings. The molecule has 12 heteroatoms. The molecule has 2 saturated heterocycles. The number of fused-ring (bicyclic) bond motifs is 1. The number of amidine groups is 1. The van der Waals surface area contributed by atoms with Crippen molar-refractivity contribution >= 4 is 44.3 Å². The number of aliphatic carboxylic acids is 1. The highest BCUT2D eigenvalue weighted by molar-refractivity contribution is 8.16. The molecule has 10 nitrogen and oxygen atoms in total. The Morgan fingerprint density at radius 2 is 2.00 bits per heavy atom. The Bertz CT molecular complexity index is 947. The molecule has 2 aliphatic heterocycles. The maximum atomic E-state index is 12.1. The van der Waals surface area contributed by atoms with Gasteiger partial charge in [0, 0.05) is 11.3 Å². The van der Waals surface area contributed by atoms with E-state index in [0.29, 0.717) is 22.4 Å². The van der Waals surface area contributed by atoms with E-state index in [0.717, 1.165) is 0 Å². The van der Waals surface area contributed by atoms with Crippen molar-refractivity contribution in [3.63, 3.8) is 0 Å². The molecule has 0 aliphatic carbocycles. The van der Waals surface area contributed by atoms with Gasteiger partial charge in [-0.25, -0.2) is 13.2 Å². The Morgan fingerprint density at radius 1 is 1.24 bits per heavy atom. The minimum atomic E-state index is -3.21. The molecule has 1 N–H and O–H groups in total. The van der Waals surface area contributed by atoms with Crippen LogP contribution >= 0.6 is 11.8 Å². The second kappa shape index (κ2) is 8.59. The van der Waals surface area contributed by atoms with Crippen molar-refractivity contribution in [2.24, 2.45) is 4.99 Å². The quantitative estimate of drug-likeness (QED) is 0.630. The molecule has 0 aromatic heterocycles. The fourth-order valence-corrected chi connectivity index (χ4v) is 7.12. The molecule has 1 amide bonds. The number of carboxylic acid groups (broad SMARTS) is 1. The average Bonchev–Trinajstić information content (AvgIpc) is 3.11. The molecule has 0 unspecified atom stereocenters. The molecule has 2 atom stereocenters. The molecule has 0 radical (unpaired) electrons. The van der Waals surface area contributed by atoms with Crippen molar-refractivity contribution in [3.8, 4) is 11.5 Å². The van der Waals surface area contributed by atoms with Crippen molar-refractivity contribution in [2.45, 2.75) is 11.3 Å². The van der Waals surface area contributed by atoms with Crippen LogP contribution in [0.15, 0.2) is 23.2 Å². The number of hydrogen-bond acceptors (Lipinski definition) is 8. The zero-order valence-corrected chi connectivity index (χ0v) is 17.4. The first-order valence-corrected chi connectivity index (χ1v) is 11.2. The van der Waals surface area contributed by atoms with Crippen LogP contribution in [0.25, 0.3) is 0 Å². The first kappa shape index (κ1) is 21.4. The van der Waals surface area contributed by atoms with E-state index in [4.69, 9.17) is 19.3 Å². The van der Waals surface area contributed by atoms with E-state index in [2.05, 4.69) is 4.99 Å². The monoisotopic (exact) mass is 444 g/mol. The van der Waals surface area contributed by atoms with Crippen LogP contribution in [0.1, 0.15) is 0 Å². The van der Waals surface area contributed by atoms with E-state index in [1.165, 1.54) is 26.0 Å². The van der Waals surface area contributed by atoms with Crippen molar-refractivity contribution < 1.29 is 37.3 Å². The third-order valence-corrected chi connectivity index (χ3v) is 7.59. The highest BCUT2D eigenvalue weighted by atomic mass is 32.2. The summed E-state index contributed by atoms with van der Waals surface area (Å²) >= 11 is 1.20. The summed E-state index contributed by atoms with van der Waals surface area (Å²) in [7, 11) is -0.218. The minimum absolute atomic E-state index is 0.0139. The SMILES string of the molecule is COc1ccc(N2C(=NC(=O)COCC(=O)O)S[C@@H]3CS(=O)(=O)C[C@H]32)c(OC)c1. The number of carbonyl (C=O) groups is 2. The molecular weight excluding hydrogens is 424 g/mol. The third kappa shape index (κ3) is 4.82. The molecule has 0 saturated carbocycles. The highest BCUT2D eigenvalue weighted by Crippen LogP contribution is 2.44. The second-order valence-electron chi connectivity index (χ2n) is 6.38. The molecule has 29 heavy (non-hydrogen) atoms. The van der Waals surface area contributed by atoms with Gasteiger partial charge in [-0.15, -0.1) is 0 Å². The van der Waals surface area contributed by atoms with Crippen LogP contribution in [0.2, 0.25) is 0 Å². The molecule has 0 bridgehead atoms. The number of aliphatic imine (C=N–C) groups is 1. The summed E-state index contributed by atoms with van der Waals surface area (Å²) in [4.78, 5) is 28.4. The van der Waals surface area contributed by atoms with Crippen LogP contribution in [0.4, 0.5) is 5.69 Å². The second-order valence-corrected chi connectivity index (χ2v) is 9.74. The fraction of sp³-hybridized carbons (Fsp3) is 0.471. The third-order valence-electron chi connectivity index (χ3n) is 4.38. The number of carbonyl (C=O) groups excluding carboxylic acids is 1. The number of ether oxygens (including phenoxy) is 3. The predicted octanol–water partition coefficient (Wildman–Crippen LogP) is 0.406. The summed E-state index contributed by atoms with van der Waals surface area (Å²) in [6.45, 7) is -1.10. The van der Waals surface area contributed by atoms with Crippen LogP contribution in [0, 0.1) is 0 Å². The lowest BCUT2D eigenvalue weighted by Crippen LogP contribution is -2.38. The topological polar surface area (TPSA) is 132 Å². The van der Waals surface area contributed by atoms with Gasteiger partial charge in [0.05, 0.1) is 37.5 Å². The number of anilines is 1. The van der Waals surface area contributed by atoms with E-state index in [1.54, 1.807) is 23.1 Å². The summed E-state index contributed by atoms with van der Waals surface area (Å²) in [6, 6.07) is 4.67. The fourth-order valence-electron chi connectivity index (χ4n) is 3.19. The summed E-state index contributed by atoms with van der Waals surface area (Å²) in [5.74, 6) is -0.927. The maximum Gasteiger partial charge on any atom is 0.329 e. The number of carboxylic acids is 1. The lowest BCUT2D eigenvalue weighted by molar-refractivity contribution is -0.143. The van der Waals surface area contributed by atoms with Crippen LogP contribution in [-0.4, -0.2) is 80.8 Å². The molecule has 1 aromatic rings. The number of benzene rings is 1. The first-order chi connectivity index (χ1) is 13.7. The van der Waals surface area contributed by atoms with Crippen molar-refractivity contribution in [2.75, 3.05) is 43.8 Å². The first-order valence-electron chi connectivity index (χ1n) is 8.53. The van der Waals surface area contributed by atoms with Crippen molar-refractivity contribution in [1.82, 2.24) is 0 Å². The Morgan fingerprint density at radius 3 is 2.66 bits per heavy atom. The average molecular weight is 444 g/mol. The van der Waals surface area contributed by atoms with E-state index in [-0.39, 0.29) is 16.8 Å². The van der Waals surface area contributed by atoms with Gasteiger partial charge >= 0.3 is 5.97 Å². The lowest BCUT2D eigenvalue weighted by Gasteiger charge is -2.26. The van der Waals surface area contributed by atoms with Crippen LogP contribution in [0.5, 0.6) is 11.5 Å². The largest absolute Gasteiger partial charge is 0.497 e. The number of rotatable bonds is 7. The number of nitrogens with zero attached hydrogens (tertiary/aromatic N) is 2. The molecule has 2 fully saturated rings.